The third-order valence-corrected chi connectivity index (χ3v) is 3.33. The molecule has 0 saturated carbocycles. The average Bonchev–Trinajstić information content (AvgIpc) is 2.97. The SMILES string of the molecule is CC(C)c1nc2nc(C3CCCN3)cc(=O)n2[nH]1. The maximum absolute atomic E-state index is 12.0. The number of aromatic nitrogens is 4. The van der Waals surface area contributed by atoms with Crippen LogP contribution in [0.25, 0.3) is 5.78 Å². The van der Waals surface area contributed by atoms with Gasteiger partial charge in [-0.2, -0.15) is 9.50 Å². The number of nitrogens with zero attached hydrogens (tertiary/aromatic N) is 3. The van der Waals surface area contributed by atoms with Crippen LogP contribution in [0, 0.1) is 0 Å². The normalized spacial score (nSPS) is 20.1. The summed E-state index contributed by atoms with van der Waals surface area (Å²) >= 11 is 0. The quantitative estimate of drug-likeness (QED) is 0.829. The van der Waals surface area contributed by atoms with Crippen LogP contribution in [-0.4, -0.2) is 26.1 Å². The van der Waals surface area contributed by atoms with E-state index in [4.69, 9.17) is 0 Å². The number of H-pyrrole nitrogens is 1. The van der Waals surface area contributed by atoms with E-state index >= 15 is 0 Å². The first kappa shape index (κ1) is 11.4. The monoisotopic (exact) mass is 247 g/mol. The molecule has 18 heavy (non-hydrogen) atoms. The molecule has 1 aliphatic rings. The molecule has 1 fully saturated rings. The summed E-state index contributed by atoms with van der Waals surface area (Å²) in [4.78, 5) is 20.9. The molecule has 2 aromatic rings. The van der Waals surface area contributed by atoms with Gasteiger partial charge in [0.1, 0.15) is 5.82 Å². The van der Waals surface area contributed by atoms with Crippen molar-refractivity contribution in [2.24, 2.45) is 0 Å². The highest BCUT2D eigenvalue weighted by Crippen LogP contribution is 2.20. The molecule has 1 saturated heterocycles. The van der Waals surface area contributed by atoms with Gasteiger partial charge in [0.15, 0.2) is 0 Å². The van der Waals surface area contributed by atoms with Crippen LogP contribution in [0.15, 0.2) is 10.9 Å². The Morgan fingerprint density at radius 1 is 1.44 bits per heavy atom. The molecular formula is C12H17N5O. The number of hydrogen-bond acceptors (Lipinski definition) is 4. The third-order valence-electron chi connectivity index (χ3n) is 3.33. The van der Waals surface area contributed by atoms with Gasteiger partial charge in [0.25, 0.3) is 11.3 Å². The minimum atomic E-state index is -0.0944. The fourth-order valence-electron chi connectivity index (χ4n) is 2.29. The summed E-state index contributed by atoms with van der Waals surface area (Å²) in [6.45, 7) is 5.05. The van der Waals surface area contributed by atoms with Gasteiger partial charge in [-0.3, -0.25) is 9.89 Å². The second-order valence-corrected chi connectivity index (χ2v) is 5.07. The van der Waals surface area contributed by atoms with E-state index in [1.54, 1.807) is 6.07 Å². The standard InChI is InChI=1S/C12H17N5O/c1-7(2)11-15-12-14-9(8-4-3-5-13-8)6-10(18)17(12)16-11/h6-8,13H,3-5H2,1-2H3,(H,14,15,16). The lowest BCUT2D eigenvalue weighted by atomic mass is 10.1. The maximum Gasteiger partial charge on any atom is 0.274 e. The first-order valence-corrected chi connectivity index (χ1v) is 6.38. The van der Waals surface area contributed by atoms with Crippen LogP contribution in [0.5, 0.6) is 0 Å². The van der Waals surface area contributed by atoms with Crippen LogP contribution in [-0.2, 0) is 0 Å². The van der Waals surface area contributed by atoms with Gasteiger partial charge in [0, 0.05) is 18.0 Å². The molecule has 3 rings (SSSR count). The first-order chi connectivity index (χ1) is 8.65. The zero-order valence-electron chi connectivity index (χ0n) is 10.6. The average molecular weight is 247 g/mol. The summed E-state index contributed by atoms with van der Waals surface area (Å²) in [6.07, 6.45) is 2.16. The lowest BCUT2D eigenvalue weighted by molar-refractivity contribution is 0.624. The fraction of sp³-hybridized carbons (Fsp3) is 0.583. The molecule has 0 aliphatic carbocycles. The highest BCUT2D eigenvalue weighted by Gasteiger charge is 2.19. The van der Waals surface area contributed by atoms with E-state index in [1.165, 1.54) is 4.52 Å². The predicted octanol–water partition coefficient (Wildman–Crippen LogP) is 0.965. The molecule has 0 spiro atoms. The minimum absolute atomic E-state index is 0.0944. The molecule has 1 atom stereocenters. The van der Waals surface area contributed by atoms with Crippen molar-refractivity contribution in [3.8, 4) is 0 Å². The Bertz CT molecular complexity index is 621. The molecule has 6 nitrogen and oxygen atoms in total. The van der Waals surface area contributed by atoms with Crippen molar-refractivity contribution >= 4 is 5.78 Å². The van der Waals surface area contributed by atoms with Gasteiger partial charge in [-0.15, -0.1) is 0 Å². The van der Waals surface area contributed by atoms with Crippen molar-refractivity contribution in [3.05, 3.63) is 27.9 Å². The predicted molar refractivity (Wildman–Crippen MR) is 67.7 cm³/mol. The van der Waals surface area contributed by atoms with Crippen LogP contribution < -0.4 is 10.9 Å². The van der Waals surface area contributed by atoms with Gasteiger partial charge in [0.05, 0.1) is 5.69 Å². The summed E-state index contributed by atoms with van der Waals surface area (Å²) in [5.74, 6) is 1.50. The first-order valence-electron chi connectivity index (χ1n) is 6.38. The van der Waals surface area contributed by atoms with Crippen molar-refractivity contribution in [2.75, 3.05) is 6.54 Å². The number of fused-ring (bicyclic) bond motifs is 1. The van der Waals surface area contributed by atoms with Crippen molar-refractivity contribution < 1.29 is 0 Å². The molecule has 2 aromatic heterocycles. The van der Waals surface area contributed by atoms with Gasteiger partial charge in [-0.25, -0.2) is 4.98 Å². The van der Waals surface area contributed by atoms with Crippen molar-refractivity contribution in [2.45, 2.75) is 38.6 Å². The van der Waals surface area contributed by atoms with Crippen molar-refractivity contribution in [3.63, 3.8) is 0 Å². The van der Waals surface area contributed by atoms with E-state index in [0.717, 1.165) is 30.9 Å². The highest BCUT2D eigenvalue weighted by molar-refractivity contribution is 5.29. The molecule has 0 radical (unpaired) electrons. The molecule has 0 amide bonds. The second kappa shape index (κ2) is 4.20. The van der Waals surface area contributed by atoms with Crippen LogP contribution in [0.1, 0.15) is 50.2 Å². The van der Waals surface area contributed by atoms with E-state index in [0.29, 0.717) is 5.78 Å². The lowest BCUT2D eigenvalue weighted by Crippen LogP contribution is -2.21. The molecule has 1 unspecified atom stereocenters. The van der Waals surface area contributed by atoms with Crippen molar-refractivity contribution in [1.82, 2.24) is 24.9 Å². The Kier molecular flexibility index (Phi) is 2.66. The number of hydrogen-bond donors (Lipinski definition) is 2. The fourth-order valence-corrected chi connectivity index (χ4v) is 2.29. The molecule has 1 aliphatic heterocycles. The number of aromatic amines is 1. The van der Waals surface area contributed by atoms with E-state index in [2.05, 4.69) is 20.4 Å². The van der Waals surface area contributed by atoms with Gasteiger partial charge >= 0.3 is 0 Å². The molecule has 2 N–H and O–H groups in total. The van der Waals surface area contributed by atoms with Crippen LogP contribution in [0.4, 0.5) is 0 Å². The minimum Gasteiger partial charge on any atom is -0.309 e. The Labute approximate surface area is 104 Å². The smallest absolute Gasteiger partial charge is 0.274 e. The highest BCUT2D eigenvalue weighted by atomic mass is 16.1. The molecule has 0 aromatic carbocycles. The summed E-state index contributed by atoms with van der Waals surface area (Å²) in [5, 5.41) is 6.34. The molecule has 96 valence electrons. The largest absolute Gasteiger partial charge is 0.309 e. The van der Waals surface area contributed by atoms with E-state index in [1.807, 2.05) is 13.8 Å². The zero-order chi connectivity index (χ0) is 12.7. The van der Waals surface area contributed by atoms with E-state index in [9.17, 15) is 4.79 Å². The van der Waals surface area contributed by atoms with Crippen LogP contribution in [0.3, 0.4) is 0 Å². The maximum atomic E-state index is 12.0. The van der Waals surface area contributed by atoms with Crippen molar-refractivity contribution in [1.29, 1.82) is 0 Å². The lowest BCUT2D eigenvalue weighted by Gasteiger charge is -2.07. The summed E-state index contributed by atoms with van der Waals surface area (Å²) in [5.41, 5.74) is 0.711. The van der Waals surface area contributed by atoms with Gasteiger partial charge in [-0.05, 0) is 19.4 Å². The molecule has 6 heteroatoms. The molecule has 0 bridgehead atoms. The summed E-state index contributed by atoms with van der Waals surface area (Å²) in [7, 11) is 0. The van der Waals surface area contributed by atoms with E-state index in [-0.39, 0.29) is 17.5 Å². The van der Waals surface area contributed by atoms with Gasteiger partial charge in [0.2, 0.25) is 0 Å². The Balaban J connectivity index is 2.11. The Morgan fingerprint density at radius 3 is 2.94 bits per heavy atom. The topological polar surface area (TPSA) is 75.1 Å². The number of nitrogens with one attached hydrogen (secondary N) is 2. The summed E-state index contributed by atoms with van der Waals surface area (Å²) in [6, 6.07) is 1.79. The molecular weight excluding hydrogens is 230 g/mol. The molecule has 3 heterocycles. The second-order valence-electron chi connectivity index (χ2n) is 5.07. The number of rotatable bonds is 2. The van der Waals surface area contributed by atoms with Crippen LogP contribution >= 0.6 is 0 Å². The zero-order valence-corrected chi connectivity index (χ0v) is 10.6. The third kappa shape index (κ3) is 1.82. The Morgan fingerprint density at radius 2 is 2.28 bits per heavy atom. The van der Waals surface area contributed by atoms with E-state index < -0.39 is 0 Å². The van der Waals surface area contributed by atoms with Gasteiger partial charge in [-0.1, -0.05) is 13.8 Å². The summed E-state index contributed by atoms with van der Waals surface area (Å²) < 4.78 is 1.41. The van der Waals surface area contributed by atoms with Crippen LogP contribution in [0.2, 0.25) is 0 Å². The Hall–Kier alpha value is -1.69. The van der Waals surface area contributed by atoms with Gasteiger partial charge < -0.3 is 5.32 Å².